The van der Waals surface area contributed by atoms with Crippen molar-refractivity contribution in [3.8, 4) is 0 Å². The minimum Gasteiger partial charge on any atom is -0.372 e. The van der Waals surface area contributed by atoms with Crippen molar-refractivity contribution in [3.63, 3.8) is 0 Å². The topological polar surface area (TPSA) is 67.4 Å². The first-order valence-corrected chi connectivity index (χ1v) is 6.60. The van der Waals surface area contributed by atoms with Crippen LogP contribution in [0.1, 0.15) is 31.3 Å². The lowest BCUT2D eigenvalue weighted by Gasteiger charge is -2.35. The van der Waals surface area contributed by atoms with Gasteiger partial charge in [-0.1, -0.05) is 0 Å². The van der Waals surface area contributed by atoms with Crippen LogP contribution in [0.25, 0.3) is 0 Å². The maximum Gasteiger partial charge on any atom is 0.274 e. The van der Waals surface area contributed by atoms with Crippen LogP contribution in [0.2, 0.25) is 0 Å². The third-order valence-electron chi connectivity index (χ3n) is 2.94. The van der Waals surface area contributed by atoms with Crippen molar-refractivity contribution >= 4 is 11.7 Å². The molecule has 2 rings (SSSR count). The minimum atomic E-state index is -0.0856. The van der Waals surface area contributed by atoms with Gasteiger partial charge >= 0.3 is 0 Å². The van der Waals surface area contributed by atoms with E-state index in [-0.39, 0.29) is 18.1 Å². The number of anilines is 1. The Balaban J connectivity index is 2.06. The molecule has 2 atom stereocenters. The van der Waals surface area contributed by atoms with E-state index < -0.39 is 0 Å². The summed E-state index contributed by atoms with van der Waals surface area (Å²) in [6, 6.07) is 0. The molecule has 1 saturated heterocycles. The Morgan fingerprint density at radius 2 is 2.05 bits per heavy atom. The van der Waals surface area contributed by atoms with E-state index in [4.69, 9.17) is 4.74 Å². The second-order valence-electron chi connectivity index (χ2n) is 4.78. The Kier molecular flexibility index (Phi) is 4.31. The quantitative estimate of drug-likeness (QED) is 0.887. The number of nitrogens with one attached hydrogen (secondary N) is 1. The Labute approximate surface area is 113 Å². The van der Waals surface area contributed by atoms with Crippen molar-refractivity contribution < 1.29 is 9.53 Å². The molecule has 104 valence electrons. The summed E-state index contributed by atoms with van der Waals surface area (Å²) in [5.41, 5.74) is 0.378. The predicted molar refractivity (Wildman–Crippen MR) is 72.1 cm³/mol. The highest BCUT2D eigenvalue weighted by atomic mass is 16.5. The van der Waals surface area contributed by atoms with Crippen LogP contribution in [-0.2, 0) is 4.74 Å². The van der Waals surface area contributed by atoms with Crippen molar-refractivity contribution in [1.29, 1.82) is 0 Å². The molecular weight excluding hydrogens is 244 g/mol. The van der Waals surface area contributed by atoms with Crippen LogP contribution < -0.4 is 5.32 Å². The number of nitrogens with zero attached hydrogens (tertiary/aromatic N) is 3. The van der Waals surface area contributed by atoms with Crippen LogP contribution in [-0.4, -0.2) is 52.6 Å². The standard InChI is InChI=1S/C13H20N4O2/c1-4-14-12-6-15-11(5-16-12)13(18)17-7-9(2)19-10(3)8-17/h5-6,9-10H,4,7-8H2,1-3H3,(H,14,16). The van der Waals surface area contributed by atoms with E-state index in [0.29, 0.717) is 24.6 Å². The summed E-state index contributed by atoms with van der Waals surface area (Å²) in [5.74, 6) is 0.598. The van der Waals surface area contributed by atoms with E-state index in [0.717, 1.165) is 6.54 Å². The molecule has 2 heterocycles. The van der Waals surface area contributed by atoms with Gasteiger partial charge in [0.1, 0.15) is 11.5 Å². The summed E-state index contributed by atoms with van der Waals surface area (Å²) < 4.78 is 5.61. The summed E-state index contributed by atoms with van der Waals surface area (Å²) in [4.78, 5) is 22.4. The van der Waals surface area contributed by atoms with E-state index in [1.165, 1.54) is 6.20 Å². The van der Waals surface area contributed by atoms with E-state index in [1.807, 2.05) is 20.8 Å². The van der Waals surface area contributed by atoms with Crippen LogP contribution in [0.4, 0.5) is 5.82 Å². The van der Waals surface area contributed by atoms with Crippen molar-refractivity contribution in [1.82, 2.24) is 14.9 Å². The minimum absolute atomic E-state index is 0.0571. The second kappa shape index (κ2) is 5.97. The number of rotatable bonds is 3. The van der Waals surface area contributed by atoms with Gasteiger partial charge in [-0.25, -0.2) is 9.97 Å². The molecule has 2 unspecified atom stereocenters. The van der Waals surface area contributed by atoms with Gasteiger partial charge in [0, 0.05) is 19.6 Å². The molecule has 0 saturated carbocycles. The van der Waals surface area contributed by atoms with Crippen LogP contribution in [0.15, 0.2) is 12.4 Å². The summed E-state index contributed by atoms with van der Waals surface area (Å²) in [7, 11) is 0. The molecule has 1 amide bonds. The van der Waals surface area contributed by atoms with Crippen molar-refractivity contribution in [2.75, 3.05) is 25.0 Å². The van der Waals surface area contributed by atoms with Crippen molar-refractivity contribution in [3.05, 3.63) is 18.1 Å². The number of morpholine rings is 1. The fraction of sp³-hybridized carbons (Fsp3) is 0.615. The fourth-order valence-corrected chi connectivity index (χ4v) is 2.22. The maximum atomic E-state index is 12.3. The van der Waals surface area contributed by atoms with Gasteiger partial charge in [0.05, 0.1) is 24.6 Å². The van der Waals surface area contributed by atoms with Crippen molar-refractivity contribution in [2.45, 2.75) is 33.0 Å². The molecule has 1 N–H and O–H groups in total. The molecule has 0 aliphatic carbocycles. The van der Waals surface area contributed by atoms with Gasteiger partial charge in [0.15, 0.2) is 0 Å². The molecule has 0 bridgehead atoms. The van der Waals surface area contributed by atoms with Gasteiger partial charge < -0.3 is 15.0 Å². The van der Waals surface area contributed by atoms with E-state index in [1.54, 1.807) is 11.1 Å². The molecule has 6 heteroatoms. The number of carbonyl (C=O) groups is 1. The maximum absolute atomic E-state index is 12.3. The van der Waals surface area contributed by atoms with Crippen LogP contribution in [0.3, 0.4) is 0 Å². The third-order valence-corrected chi connectivity index (χ3v) is 2.94. The van der Waals surface area contributed by atoms with Crippen LogP contribution >= 0.6 is 0 Å². The lowest BCUT2D eigenvalue weighted by atomic mass is 10.2. The van der Waals surface area contributed by atoms with Gasteiger partial charge in [-0.15, -0.1) is 0 Å². The largest absolute Gasteiger partial charge is 0.372 e. The number of aromatic nitrogens is 2. The number of hydrogen-bond donors (Lipinski definition) is 1. The monoisotopic (exact) mass is 264 g/mol. The molecule has 1 aliphatic rings. The molecule has 1 aliphatic heterocycles. The van der Waals surface area contributed by atoms with Gasteiger partial charge in [-0.3, -0.25) is 4.79 Å². The zero-order chi connectivity index (χ0) is 13.8. The lowest BCUT2D eigenvalue weighted by Crippen LogP contribution is -2.48. The van der Waals surface area contributed by atoms with Gasteiger partial charge in [0.25, 0.3) is 5.91 Å². The summed E-state index contributed by atoms with van der Waals surface area (Å²) in [6.45, 7) is 7.89. The number of hydrogen-bond acceptors (Lipinski definition) is 5. The first-order valence-electron chi connectivity index (χ1n) is 6.60. The normalized spacial score (nSPS) is 23.2. The first-order chi connectivity index (χ1) is 9.10. The number of carbonyl (C=O) groups excluding carboxylic acids is 1. The molecule has 0 aromatic carbocycles. The first kappa shape index (κ1) is 13.7. The molecule has 0 spiro atoms. The van der Waals surface area contributed by atoms with Crippen molar-refractivity contribution in [2.24, 2.45) is 0 Å². The number of amides is 1. The van der Waals surface area contributed by atoms with E-state index in [9.17, 15) is 4.79 Å². The highest BCUT2D eigenvalue weighted by molar-refractivity contribution is 5.92. The Bertz CT molecular complexity index is 425. The summed E-state index contributed by atoms with van der Waals surface area (Å²) in [5, 5.41) is 3.05. The molecule has 1 fully saturated rings. The second-order valence-corrected chi connectivity index (χ2v) is 4.78. The highest BCUT2D eigenvalue weighted by Gasteiger charge is 2.27. The lowest BCUT2D eigenvalue weighted by molar-refractivity contribution is -0.0587. The number of ether oxygens (including phenoxy) is 1. The molecule has 0 radical (unpaired) electrons. The Morgan fingerprint density at radius 3 is 2.58 bits per heavy atom. The predicted octanol–water partition coefficient (Wildman–Crippen LogP) is 1.16. The third kappa shape index (κ3) is 3.41. The Hall–Kier alpha value is -1.69. The average Bonchev–Trinajstić information content (AvgIpc) is 2.38. The highest BCUT2D eigenvalue weighted by Crippen LogP contribution is 2.13. The molecule has 6 nitrogen and oxygen atoms in total. The van der Waals surface area contributed by atoms with Gasteiger partial charge in [-0.05, 0) is 20.8 Å². The Morgan fingerprint density at radius 1 is 1.37 bits per heavy atom. The summed E-state index contributed by atoms with van der Waals surface area (Å²) >= 11 is 0. The van der Waals surface area contributed by atoms with Gasteiger partial charge in [-0.2, -0.15) is 0 Å². The summed E-state index contributed by atoms with van der Waals surface area (Å²) in [6.07, 6.45) is 3.22. The average molecular weight is 264 g/mol. The SMILES string of the molecule is CCNc1cnc(C(=O)N2CC(C)OC(C)C2)cn1. The zero-order valence-corrected chi connectivity index (χ0v) is 11.6. The fourth-order valence-electron chi connectivity index (χ4n) is 2.22. The van der Waals surface area contributed by atoms with Crippen LogP contribution in [0.5, 0.6) is 0 Å². The molecule has 19 heavy (non-hydrogen) atoms. The zero-order valence-electron chi connectivity index (χ0n) is 11.6. The van der Waals surface area contributed by atoms with Gasteiger partial charge in [0.2, 0.25) is 0 Å². The van der Waals surface area contributed by atoms with E-state index in [2.05, 4.69) is 15.3 Å². The molecular formula is C13H20N4O2. The van der Waals surface area contributed by atoms with E-state index >= 15 is 0 Å². The van der Waals surface area contributed by atoms with Crippen LogP contribution in [0, 0.1) is 0 Å². The molecule has 1 aromatic rings. The smallest absolute Gasteiger partial charge is 0.274 e. The molecule has 1 aromatic heterocycles.